The largest absolute Gasteiger partial charge is 0.309 e. The SMILES string of the molecule is Clc1nc2n(n1)c1nc(Cl)nn1c1nc(-c3ccc(-n4c5ccccc5c5ccccc54)cc3)nn21. The predicted octanol–water partition coefficient (Wildman–Crippen LogP) is 4.89. The van der Waals surface area contributed by atoms with Gasteiger partial charge in [0.15, 0.2) is 5.82 Å². The Hall–Kier alpha value is -4.54. The van der Waals surface area contributed by atoms with Gasteiger partial charge in [0.2, 0.25) is 10.6 Å². The second-order valence-corrected chi connectivity index (χ2v) is 8.93. The number of para-hydroxylation sites is 2. The van der Waals surface area contributed by atoms with Gasteiger partial charge in [0.1, 0.15) is 0 Å². The maximum absolute atomic E-state index is 6.07. The number of hydrogen-bond donors (Lipinski definition) is 0. The van der Waals surface area contributed by atoms with Gasteiger partial charge in [-0.15, -0.1) is 15.3 Å². The maximum Gasteiger partial charge on any atom is 0.261 e. The highest BCUT2D eigenvalue weighted by atomic mass is 35.5. The Morgan fingerprint density at radius 3 is 1.61 bits per heavy atom. The summed E-state index contributed by atoms with van der Waals surface area (Å²) in [5.41, 5.74) is 4.16. The molecule has 172 valence electrons. The summed E-state index contributed by atoms with van der Waals surface area (Å²) in [5, 5.41) is 15.6. The predicted molar refractivity (Wildman–Crippen MR) is 136 cm³/mol. The summed E-state index contributed by atoms with van der Waals surface area (Å²) in [6.07, 6.45) is 0. The lowest BCUT2D eigenvalue weighted by Gasteiger charge is -2.08. The Morgan fingerprint density at radius 2 is 1.03 bits per heavy atom. The quantitative estimate of drug-likeness (QED) is 0.328. The molecular weight excluding hydrogens is 499 g/mol. The van der Waals surface area contributed by atoms with Gasteiger partial charge in [0.05, 0.1) is 11.0 Å². The molecule has 0 aliphatic carbocycles. The van der Waals surface area contributed by atoms with E-state index in [0.717, 1.165) is 22.3 Å². The van der Waals surface area contributed by atoms with Crippen molar-refractivity contribution in [2.75, 3.05) is 0 Å². The van der Waals surface area contributed by atoms with Gasteiger partial charge < -0.3 is 4.57 Å². The molecular formula is C24H12Cl2N10. The lowest BCUT2D eigenvalue weighted by molar-refractivity contribution is 0.816. The van der Waals surface area contributed by atoms with Crippen LogP contribution in [0.25, 0.3) is 56.2 Å². The van der Waals surface area contributed by atoms with Crippen molar-refractivity contribution in [3.8, 4) is 17.1 Å². The molecule has 0 amide bonds. The van der Waals surface area contributed by atoms with Gasteiger partial charge >= 0.3 is 0 Å². The molecule has 0 aliphatic heterocycles. The fourth-order valence-electron chi connectivity index (χ4n) is 4.76. The number of rotatable bonds is 2. The van der Waals surface area contributed by atoms with E-state index in [1.807, 2.05) is 12.1 Å². The summed E-state index contributed by atoms with van der Waals surface area (Å²) in [6.45, 7) is 0. The Balaban J connectivity index is 1.32. The summed E-state index contributed by atoms with van der Waals surface area (Å²) in [7, 11) is 0. The van der Waals surface area contributed by atoms with Crippen LogP contribution < -0.4 is 0 Å². The van der Waals surface area contributed by atoms with Crippen molar-refractivity contribution in [1.82, 2.24) is 48.4 Å². The van der Waals surface area contributed by atoms with Crippen molar-refractivity contribution >= 4 is 62.3 Å². The van der Waals surface area contributed by atoms with E-state index in [1.54, 1.807) is 0 Å². The minimum Gasteiger partial charge on any atom is -0.309 e. The lowest BCUT2D eigenvalue weighted by Crippen LogP contribution is -2.06. The number of hydrogen-bond acceptors (Lipinski definition) is 6. The second-order valence-electron chi connectivity index (χ2n) is 8.25. The van der Waals surface area contributed by atoms with Crippen LogP contribution in [0.15, 0.2) is 72.8 Å². The molecule has 0 spiro atoms. The van der Waals surface area contributed by atoms with Gasteiger partial charge in [-0.25, -0.2) is 0 Å². The Morgan fingerprint density at radius 1 is 0.528 bits per heavy atom. The molecule has 8 aromatic rings. The summed E-state index contributed by atoms with van der Waals surface area (Å²) in [4.78, 5) is 13.2. The van der Waals surface area contributed by atoms with E-state index >= 15 is 0 Å². The highest BCUT2D eigenvalue weighted by Gasteiger charge is 2.20. The van der Waals surface area contributed by atoms with Crippen LogP contribution in [-0.2, 0) is 0 Å². The van der Waals surface area contributed by atoms with Crippen LogP contribution in [0, 0.1) is 0 Å². The van der Waals surface area contributed by atoms with E-state index in [-0.39, 0.29) is 10.6 Å². The molecule has 0 saturated heterocycles. The van der Waals surface area contributed by atoms with Crippen LogP contribution in [0.4, 0.5) is 0 Å². The molecule has 0 saturated carbocycles. The van der Waals surface area contributed by atoms with E-state index in [2.05, 4.69) is 90.5 Å². The Bertz CT molecular complexity index is 2010. The van der Waals surface area contributed by atoms with E-state index in [9.17, 15) is 0 Å². The molecule has 12 heteroatoms. The van der Waals surface area contributed by atoms with Gasteiger partial charge in [-0.3, -0.25) is 0 Å². The average Bonchev–Trinajstić information content (AvgIpc) is 3.66. The van der Waals surface area contributed by atoms with Crippen molar-refractivity contribution in [3.05, 3.63) is 83.4 Å². The van der Waals surface area contributed by atoms with Crippen LogP contribution in [-0.4, -0.2) is 48.4 Å². The molecule has 36 heavy (non-hydrogen) atoms. The third-order valence-corrected chi connectivity index (χ3v) is 6.57. The topological polar surface area (TPSA) is 95.5 Å². The van der Waals surface area contributed by atoms with Crippen LogP contribution in [0.2, 0.25) is 10.6 Å². The number of nitrogens with zero attached hydrogens (tertiary/aromatic N) is 10. The lowest BCUT2D eigenvalue weighted by atomic mass is 10.2. The zero-order valence-corrected chi connectivity index (χ0v) is 19.7. The number of aromatic nitrogens is 10. The fourth-order valence-corrected chi connectivity index (χ4v) is 5.06. The molecule has 5 aromatic heterocycles. The molecule has 3 aromatic carbocycles. The van der Waals surface area contributed by atoms with E-state index in [0.29, 0.717) is 23.2 Å². The van der Waals surface area contributed by atoms with Gasteiger partial charge in [-0.05, 0) is 59.6 Å². The van der Waals surface area contributed by atoms with Crippen LogP contribution in [0.3, 0.4) is 0 Å². The van der Waals surface area contributed by atoms with Gasteiger partial charge in [-0.1, -0.05) is 36.4 Å². The second kappa shape index (κ2) is 7.00. The Labute approximate surface area is 211 Å². The van der Waals surface area contributed by atoms with Crippen molar-refractivity contribution in [1.29, 1.82) is 0 Å². The molecule has 5 heterocycles. The molecule has 0 N–H and O–H groups in total. The monoisotopic (exact) mass is 510 g/mol. The highest BCUT2D eigenvalue weighted by Crippen LogP contribution is 2.32. The molecule has 0 aliphatic rings. The first-order chi connectivity index (χ1) is 17.7. The van der Waals surface area contributed by atoms with Gasteiger partial charge in [0.25, 0.3) is 17.3 Å². The number of benzene rings is 3. The highest BCUT2D eigenvalue weighted by molar-refractivity contribution is 6.28. The molecule has 0 unspecified atom stereocenters. The summed E-state index contributed by atoms with van der Waals surface area (Å²) in [6, 6.07) is 24.9. The molecule has 10 nitrogen and oxygen atoms in total. The zero-order chi connectivity index (χ0) is 24.0. The fraction of sp³-hybridized carbons (Fsp3) is 0. The average molecular weight is 511 g/mol. The van der Waals surface area contributed by atoms with Crippen molar-refractivity contribution in [2.24, 2.45) is 0 Å². The standard InChI is InChI=1S/C24H12Cl2N10/c25-20-28-23-34-22(35-24(36(23)32-20)29-21(26)31-35)27-19(30-34)13-9-11-14(12-10-13)33-17-7-3-1-5-15(17)16-6-2-4-8-18(16)33/h1-12H. The minimum atomic E-state index is 0.0519. The third-order valence-electron chi connectivity index (χ3n) is 6.25. The first kappa shape index (κ1) is 19.7. The van der Waals surface area contributed by atoms with E-state index < -0.39 is 0 Å². The van der Waals surface area contributed by atoms with Crippen molar-refractivity contribution in [2.45, 2.75) is 0 Å². The molecule has 0 radical (unpaired) electrons. The molecule has 0 atom stereocenters. The van der Waals surface area contributed by atoms with Crippen LogP contribution >= 0.6 is 23.2 Å². The zero-order valence-electron chi connectivity index (χ0n) is 18.2. The molecule has 8 rings (SSSR count). The van der Waals surface area contributed by atoms with Gasteiger partial charge in [0, 0.05) is 22.0 Å². The summed E-state index contributed by atoms with van der Waals surface area (Å²) >= 11 is 12.1. The van der Waals surface area contributed by atoms with E-state index in [1.165, 1.54) is 24.3 Å². The van der Waals surface area contributed by atoms with Crippen LogP contribution in [0.5, 0.6) is 0 Å². The first-order valence-corrected chi connectivity index (χ1v) is 11.7. The number of halogens is 2. The smallest absolute Gasteiger partial charge is 0.261 e. The van der Waals surface area contributed by atoms with Gasteiger partial charge in [-0.2, -0.15) is 28.5 Å². The normalized spacial score (nSPS) is 12.2. The molecule has 0 fully saturated rings. The van der Waals surface area contributed by atoms with E-state index in [4.69, 9.17) is 28.2 Å². The minimum absolute atomic E-state index is 0.0519. The third kappa shape index (κ3) is 2.62. The molecule has 0 bridgehead atoms. The summed E-state index contributed by atoms with van der Waals surface area (Å²) < 4.78 is 6.67. The van der Waals surface area contributed by atoms with Crippen molar-refractivity contribution < 1.29 is 0 Å². The van der Waals surface area contributed by atoms with Crippen LogP contribution in [0.1, 0.15) is 0 Å². The first-order valence-electron chi connectivity index (χ1n) is 11.0. The summed E-state index contributed by atoms with van der Waals surface area (Å²) in [5.74, 6) is 1.57. The Kier molecular flexibility index (Phi) is 3.84. The van der Waals surface area contributed by atoms with Crippen molar-refractivity contribution in [3.63, 3.8) is 0 Å². The number of fused-ring (bicyclic) bond motifs is 9. The maximum atomic E-state index is 6.07.